The number of nitrogens with zero attached hydrogens (tertiary/aromatic N) is 2. The van der Waals surface area contributed by atoms with E-state index >= 15 is 0 Å². The highest BCUT2D eigenvalue weighted by Crippen LogP contribution is 2.21. The Morgan fingerprint density at radius 3 is 2.89 bits per heavy atom. The number of ether oxygens (including phenoxy) is 1. The molecule has 0 atom stereocenters. The van der Waals surface area contributed by atoms with Gasteiger partial charge in [-0.3, -0.25) is 0 Å². The molecule has 0 aliphatic carbocycles. The van der Waals surface area contributed by atoms with E-state index < -0.39 is 0 Å². The van der Waals surface area contributed by atoms with Crippen molar-refractivity contribution < 1.29 is 4.74 Å². The van der Waals surface area contributed by atoms with Crippen LogP contribution in [0.3, 0.4) is 0 Å². The molecule has 4 nitrogen and oxygen atoms in total. The molecule has 0 amide bonds. The molecule has 0 spiro atoms. The van der Waals surface area contributed by atoms with E-state index in [9.17, 15) is 0 Å². The molecule has 2 rings (SSSR count). The second-order valence-corrected chi connectivity index (χ2v) is 4.50. The molecule has 0 aliphatic rings. The van der Waals surface area contributed by atoms with Crippen molar-refractivity contribution in [2.24, 2.45) is 0 Å². The molecule has 1 N–H and O–H groups in total. The summed E-state index contributed by atoms with van der Waals surface area (Å²) in [5.41, 5.74) is 2.44. The van der Waals surface area contributed by atoms with Crippen LogP contribution in [0.4, 0.5) is 0 Å². The Kier molecular flexibility index (Phi) is 4.58. The standard InChI is InChI=1S/C15H21N3O/c1-4-15-17-7-8-18(15)11-13-9-12(10-16-2)5-6-14(13)19-3/h5-9,16H,4,10-11H2,1-3H3. The minimum absolute atomic E-state index is 0.796. The van der Waals surface area contributed by atoms with Gasteiger partial charge in [0.15, 0.2) is 0 Å². The van der Waals surface area contributed by atoms with Crippen LogP contribution in [0, 0.1) is 0 Å². The second kappa shape index (κ2) is 6.38. The highest BCUT2D eigenvalue weighted by Gasteiger charge is 2.07. The van der Waals surface area contributed by atoms with E-state index in [1.807, 2.05) is 25.5 Å². The van der Waals surface area contributed by atoms with Gasteiger partial charge in [-0.25, -0.2) is 4.98 Å². The Balaban J connectivity index is 2.29. The van der Waals surface area contributed by atoms with Gasteiger partial charge in [0.2, 0.25) is 0 Å². The van der Waals surface area contributed by atoms with E-state index in [2.05, 4.69) is 33.9 Å². The highest BCUT2D eigenvalue weighted by molar-refractivity contribution is 5.37. The molecule has 102 valence electrons. The van der Waals surface area contributed by atoms with E-state index in [0.29, 0.717) is 0 Å². The summed E-state index contributed by atoms with van der Waals surface area (Å²) in [6.07, 6.45) is 4.80. The van der Waals surface area contributed by atoms with E-state index in [1.165, 1.54) is 11.1 Å². The quantitative estimate of drug-likeness (QED) is 0.864. The van der Waals surface area contributed by atoms with Gasteiger partial charge in [-0.2, -0.15) is 0 Å². The molecule has 4 heteroatoms. The molecule has 0 saturated carbocycles. The summed E-state index contributed by atoms with van der Waals surface area (Å²) in [5, 5.41) is 3.17. The minimum atomic E-state index is 0.796. The predicted octanol–water partition coefficient (Wildman–Crippen LogP) is 2.22. The first-order valence-electron chi connectivity index (χ1n) is 6.58. The fourth-order valence-corrected chi connectivity index (χ4v) is 2.25. The molecule has 0 bridgehead atoms. The lowest BCUT2D eigenvalue weighted by Gasteiger charge is -2.13. The largest absolute Gasteiger partial charge is 0.496 e. The molecule has 0 aliphatic heterocycles. The third-order valence-electron chi connectivity index (χ3n) is 3.18. The first-order chi connectivity index (χ1) is 9.28. The summed E-state index contributed by atoms with van der Waals surface area (Å²) >= 11 is 0. The van der Waals surface area contributed by atoms with Crippen LogP contribution < -0.4 is 10.1 Å². The van der Waals surface area contributed by atoms with Crippen molar-refractivity contribution in [1.29, 1.82) is 0 Å². The van der Waals surface area contributed by atoms with Gasteiger partial charge in [-0.05, 0) is 24.7 Å². The zero-order chi connectivity index (χ0) is 13.7. The molecule has 0 saturated heterocycles. The molecular weight excluding hydrogens is 238 g/mol. The smallest absolute Gasteiger partial charge is 0.123 e. The summed E-state index contributed by atoms with van der Waals surface area (Å²) in [6.45, 7) is 3.78. The number of aromatic nitrogens is 2. The topological polar surface area (TPSA) is 39.1 Å². The van der Waals surface area contributed by atoms with Crippen LogP contribution in [0.2, 0.25) is 0 Å². The fraction of sp³-hybridized carbons (Fsp3) is 0.400. The third kappa shape index (κ3) is 3.15. The fourth-order valence-electron chi connectivity index (χ4n) is 2.25. The predicted molar refractivity (Wildman–Crippen MR) is 76.5 cm³/mol. The Morgan fingerprint density at radius 2 is 2.21 bits per heavy atom. The van der Waals surface area contributed by atoms with Gasteiger partial charge in [0, 0.05) is 30.9 Å². The molecular formula is C15H21N3O. The van der Waals surface area contributed by atoms with Gasteiger partial charge in [0.1, 0.15) is 11.6 Å². The maximum Gasteiger partial charge on any atom is 0.123 e. The Bertz CT molecular complexity index is 534. The molecule has 0 radical (unpaired) electrons. The van der Waals surface area contributed by atoms with Crippen LogP contribution in [0.25, 0.3) is 0 Å². The molecule has 1 heterocycles. The van der Waals surface area contributed by atoms with Crippen LogP contribution in [0.1, 0.15) is 23.9 Å². The van der Waals surface area contributed by atoms with Gasteiger partial charge in [-0.15, -0.1) is 0 Å². The SMILES string of the molecule is CCc1nccn1Cc1cc(CNC)ccc1OC. The molecule has 2 aromatic rings. The number of benzene rings is 1. The van der Waals surface area contributed by atoms with E-state index in [4.69, 9.17) is 4.74 Å². The number of rotatable bonds is 6. The summed E-state index contributed by atoms with van der Waals surface area (Å²) < 4.78 is 7.61. The van der Waals surface area contributed by atoms with Gasteiger partial charge < -0.3 is 14.6 Å². The summed E-state index contributed by atoms with van der Waals surface area (Å²) in [4.78, 5) is 4.35. The molecule has 1 aromatic carbocycles. The lowest BCUT2D eigenvalue weighted by molar-refractivity contribution is 0.408. The normalized spacial score (nSPS) is 10.7. The minimum Gasteiger partial charge on any atom is -0.496 e. The highest BCUT2D eigenvalue weighted by atomic mass is 16.5. The maximum atomic E-state index is 5.45. The number of imidazole rings is 1. The Morgan fingerprint density at radius 1 is 1.37 bits per heavy atom. The van der Waals surface area contributed by atoms with Crippen LogP contribution in [-0.2, 0) is 19.5 Å². The maximum absolute atomic E-state index is 5.45. The van der Waals surface area contributed by atoms with Crippen molar-refractivity contribution in [3.05, 3.63) is 47.5 Å². The summed E-state index contributed by atoms with van der Waals surface area (Å²) in [7, 11) is 3.67. The Hall–Kier alpha value is -1.81. The number of nitrogens with one attached hydrogen (secondary N) is 1. The van der Waals surface area contributed by atoms with Crippen molar-refractivity contribution in [1.82, 2.24) is 14.9 Å². The average Bonchev–Trinajstić information content (AvgIpc) is 2.87. The number of hydrogen-bond donors (Lipinski definition) is 1. The van der Waals surface area contributed by atoms with Crippen molar-refractivity contribution in [3.63, 3.8) is 0 Å². The summed E-state index contributed by atoms with van der Waals surface area (Å²) in [6, 6.07) is 6.31. The first kappa shape index (κ1) is 13.6. The van der Waals surface area contributed by atoms with Crippen LogP contribution in [0.5, 0.6) is 5.75 Å². The third-order valence-corrected chi connectivity index (χ3v) is 3.18. The lowest BCUT2D eigenvalue weighted by atomic mass is 10.1. The Labute approximate surface area is 114 Å². The molecule has 0 unspecified atom stereocenters. The number of methoxy groups -OCH3 is 1. The second-order valence-electron chi connectivity index (χ2n) is 4.50. The molecule has 0 fully saturated rings. The van der Waals surface area contributed by atoms with Gasteiger partial charge in [0.25, 0.3) is 0 Å². The lowest BCUT2D eigenvalue weighted by Crippen LogP contribution is -2.08. The average molecular weight is 259 g/mol. The van der Waals surface area contributed by atoms with Gasteiger partial charge in [0.05, 0.1) is 13.7 Å². The zero-order valence-corrected chi connectivity index (χ0v) is 11.8. The molecule has 1 aromatic heterocycles. The number of hydrogen-bond acceptors (Lipinski definition) is 3. The molecule has 19 heavy (non-hydrogen) atoms. The summed E-state index contributed by atoms with van der Waals surface area (Å²) in [5.74, 6) is 2.02. The monoisotopic (exact) mass is 259 g/mol. The first-order valence-corrected chi connectivity index (χ1v) is 6.58. The van der Waals surface area contributed by atoms with Crippen LogP contribution >= 0.6 is 0 Å². The van der Waals surface area contributed by atoms with Crippen LogP contribution in [-0.4, -0.2) is 23.7 Å². The van der Waals surface area contributed by atoms with Crippen molar-refractivity contribution in [3.8, 4) is 5.75 Å². The van der Waals surface area contributed by atoms with Gasteiger partial charge >= 0.3 is 0 Å². The van der Waals surface area contributed by atoms with E-state index in [-0.39, 0.29) is 0 Å². The van der Waals surface area contributed by atoms with Crippen molar-refractivity contribution >= 4 is 0 Å². The van der Waals surface area contributed by atoms with E-state index in [1.54, 1.807) is 7.11 Å². The van der Waals surface area contributed by atoms with Crippen LogP contribution in [0.15, 0.2) is 30.6 Å². The van der Waals surface area contributed by atoms with Crippen molar-refractivity contribution in [2.75, 3.05) is 14.2 Å². The van der Waals surface area contributed by atoms with Crippen molar-refractivity contribution in [2.45, 2.75) is 26.4 Å². The number of aryl methyl sites for hydroxylation is 1. The van der Waals surface area contributed by atoms with E-state index in [0.717, 1.165) is 31.1 Å². The van der Waals surface area contributed by atoms with Gasteiger partial charge in [-0.1, -0.05) is 13.0 Å². The zero-order valence-electron chi connectivity index (χ0n) is 11.8.